The van der Waals surface area contributed by atoms with Crippen molar-refractivity contribution in [1.29, 1.82) is 5.26 Å². The van der Waals surface area contributed by atoms with E-state index in [-0.39, 0.29) is 29.6 Å². The van der Waals surface area contributed by atoms with Gasteiger partial charge in [-0.3, -0.25) is 0 Å². The van der Waals surface area contributed by atoms with Gasteiger partial charge in [0.15, 0.2) is 0 Å². The quantitative estimate of drug-likeness (QED) is 0.596. The Labute approximate surface area is 123 Å². The SMILES string of the molecule is N#Cc1ccc(-c2ccccc2S)cc1.[NaH]. The van der Waals surface area contributed by atoms with Crippen LogP contribution in [-0.2, 0) is 0 Å². The number of thiol groups is 1. The van der Waals surface area contributed by atoms with Gasteiger partial charge in [0.25, 0.3) is 0 Å². The van der Waals surface area contributed by atoms with Gasteiger partial charge in [0.1, 0.15) is 0 Å². The first kappa shape index (κ1) is 13.3. The second-order valence-electron chi connectivity index (χ2n) is 3.21. The van der Waals surface area contributed by atoms with Gasteiger partial charge in [0, 0.05) is 4.90 Å². The van der Waals surface area contributed by atoms with Crippen molar-refractivity contribution in [3.8, 4) is 17.2 Å². The van der Waals surface area contributed by atoms with Crippen LogP contribution in [0.15, 0.2) is 53.4 Å². The van der Waals surface area contributed by atoms with E-state index in [9.17, 15) is 0 Å². The van der Waals surface area contributed by atoms with Crippen LogP contribution in [0.25, 0.3) is 11.1 Å². The Morgan fingerprint density at radius 1 is 0.938 bits per heavy atom. The van der Waals surface area contributed by atoms with Gasteiger partial charge in [-0.05, 0) is 29.3 Å². The number of rotatable bonds is 1. The van der Waals surface area contributed by atoms with E-state index in [4.69, 9.17) is 5.26 Å². The van der Waals surface area contributed by atoms with E-state index < -0.39 is 0 Å². The van der Waals surface area contributed by atoms with Gasteiger partial charge >= 0.3 is 29.6 Å². The Balaban J connectivity index is 0.00000128. The van der Waals surface area contributed by atoms with E-state index in [0.29, 0.717) is 5.56 Å². The molecular formula is C13H10NNaS. The summed E-state index contributed by atoms with van der Waals surface area (Å²) in [6.45, 7) is 0. The number of hydrogen-bond donors (Lipinski definition) is 1. The predicted octanol–water partition coefficient (Wildman–Crippen LogP) is 2.87. The zero-order valence-electron chi connectivity index (χ0n) is 8.01. The Morgan fingerprint density at radius 2 is 1.56 bits per heavy atom. The van der Waals surface area contributed by atoms with Gasteiger partial charge in [-0.2, -0.15) is 5.26 Å². The van der Waals surface area contributed by atoms with Crippen molar-refractivity contribution < 1.29 is 0 Å². The molecule has 0 aliphatic rings. The molecule has 0 amide bonds. The van der Waals surface area contributed by atoms with Crippen LogP contribution in [-0.4, -0.2) is 29.6 Å². The van der Waals surface area contributed by atoms with Crippen LogP contribution >= 0.6 is 12.6 Å². The summed E-state index contributed by atoms with van der Waals surface area (Å²) in [5.41, 5.74) is 2.85. The van der Waals surface area contributed by atoms with Crippen molar-refractivity contribution in [2.24, 2.45) is 0 Å². The third-order valence-corrected chi connectivity index (χ3v) is 2.62. The second kappa shape index (κ2) is 6.12. The van der Waals surface area contributed by atoms with E-state index in [1.165, 1.54) is 0 Å². The van der Waals surface area contributed by atoms with Gasteiger partial charge in [-0.25, -0.2) is 0 Å². The third kappa shape index (κ3) is 2.90. The molecular weight excluding hydrogens is 225 g/mol. The fraction of sp³-hybridized carbons (Fsp3) is 0. The zero-order chi connectivity index (χ0) is 10.7. The standard InChI is InChI=1S/C13H9NS.Na.H/c14-9-10-5-7-11(8-6-10)12-3-1-2-4-13(12)15;;/h1-8,15H;;. The molecule has 1 nitrogen and oxygen atoms in total. The summed E-state index contributed by atoms with van der Waals surface area (Å²) >= 11 is 4.39. The maximum atomic E-state index is 8.69. The van der Waals surface area contributed by atoms with E-state index >= 15 is 0 Å². The number of benzene rings is 2. The molecule has 0 atom stereocenters. The number of nitriles is 1. The second-order valence-corrected chi connectivity index (χ2v) is 3.69. The molecule has 0 radical (unpaired) electrons. The van der Waals surface area contributed by atoms with Crippen molar-refractivity contribution >= 4 is 42.2 Å². The molecule has 0 aliphatic heterocycles. The molecule has 0 unspecified atom stereocenters. The normalized spacial score (nSPS) is 9.00. The average molecular weight is 235 g/mol. The minimum absolute atomic E-state index is 0. The Kier molecular flexibility index (Phi) is 5.11. The first-order valence-electron chi connectivity index (χ1n) is 4.60. The summed E-state index contributed by atoms with van der Waals surface area (Å²) < 4.78 is 0. The van der Waals surface area contributed by atoms with Gasteiger partial charge in [-0.1, -0.05) is 30.3 Å². The van der Waals surface area contributed by atoms with Crippen LogP contribution in [0.1, 0.15) is 5.56 Å². The van der Waals surface area contributed by atoms with Gasteiger partial charge in [0.2, 0.25) is 0 Å². The Morgan fingerprint density at radius 3 is 2.12 bits per heavy atom. The molecule has 2 rings (SSSR count). The fourth-order valence-electron chi connectivity index (χ4n) is 1.44. The summed E-state index contributed by atoms with van der Waals surface area (Å²) in [4.78, 5) is 0.946. The number of nitrogens with zero attached hydrogens (tertiary/aromatic N) is 1. The molecule has 0 saturated heterocycles. The first-order chi connectivity index (χ1) is 7.31. The summed E-state index contributed by atoms with van der Waals surface area (Å²) in [6.07, 6.45) is 0. The molecule has 2 aromatic rings. The van der Waals surface area contributed by atoms with Gasteiger partial charge in [-0.15, -0.1) is 12.6 Å². The summed E-state index contributed by atoms with van der Waals surface area (Å²) in [6, 6.07) is 17.5. The molecule has 0 N–H and O–H groups in total. The first-order valence-corrected chi connectivity index (χ1v) is 5.04. The zero-order valence-corrected chi connectivity index (χ0v) is 8.91. The third-order valence-electron chi connectivity index (χ3n) is 2.23. The van der Waals surface area contributed by atoms with Crippen molar-refractivity contribution in [1.82, 2.24) is 0 Å². The van der Waals surface area contributed by atoms with Crippen molar-refractivity contribution in [2.45, 2.75) is 4.90 Å². The Hall–Kier alpha value is -0.720. The molecule has 0 saturated carbocycles. The summed E-state index contributed by atoms with van der Waals surface area (Å²) in [7, 11) is 0. The molecule has 0 fully saturated rings. The molecule has 0 bridgehead atoms. The van der Waals surface area contributed by atoms with Crippen LogP contribution in [0.2, 0.25) is 0 Å². The van der Waals surface area contributed by atoms with E-state index in [0.717, 1.165) is 16.0 Å². The van der Waals surface area contributed by atoms with Gasteiger partial charge < -0.3 is 0 Å². The number of hydrogen-bond acceptors (Lipinski definition) is 2. The van der Waals surface area contributed by atoms with Crippen molar-refractivity contribution in [2.75, 3.05) is 0 Å². The van der Waals surface area contributed by atoms with Crippen LogP contribution in [0.3, 0.4) is 0 Å². The monoisotopic (exact) mass is 235 g/mol. The molecule has 0 spiro atoms. The molecule has 0 heterocycles. The maximum absolute atomic E-state index is 8.69. The van der Waals surface area contributed by atoms with Crippen LogP contribution < -0.4 is 0 Å². The molecule has 3 heteroatoms. The summed E-state index contributed by atoms with van der Waals surface area (Å²) in [5, 5.41) is 8.69. The molecule has 0 aromatic heterocycles. The van der Waals surface area contributed by atoms with Crippen LogP contribution in [0.4, 0.5) is 0 Å². The molecule has 74 valence electrons. The summed E-state index contributed by atoms with van der Waals surface area (Å²) in [5.74, 6) is 0. The van der Waals surface area contributed by atoms with Crippen molar-refractivity contribution in [3.05, 3.63) is 54.1 Å². The topological polar surface area (TPSA) is 23.8 Å². The van der Waals surface area contributed by atoms with Gasteiger partial charge in [0.05, 0.1) is 11.6 Å². The minimum atomic E-state index is 0. The van der Waals surface area contributed by atoms with Crippen LogP contribution in [0, 0.1) is 11.3 Å². The van der Waals surface area contributed by atoms with Crippen molar-refractivity contribution in [3.63, 3.8) is 0 Å². The molecule has 0 aliphatic carbocycles. The van der Waals surface area contributed by atoms with E-state index in [2.05, 4.69) is 18.7 Å². The fourth-order valence-corrected chi connectivity index (χ4v) is 1.73. The van der Waals surface area contributed by atoms with E-state index in [1.54, 1.807) is 0 Å². The Bertz CT molecular complexity index is 514. The van der Waals surface area contributed by atoms with E-state index in [1.807, 2.05) is 48.5 Å². The predicted molar refractivity (Wildman–Crippen MR) is 71.0 cm³/mol. The van der Waals surface area contributed by atoms with Crippen LogP contribution in [0.5, 0.6) is 0 Å². The average Bonchev–Trinajstić information content (AvgIpc) is 2.30. The molecule has 2 aromatic carbocycles. The molecule has 16 heavy (non-hydrogen) atoms.